The Morgan fingerprint density at radius 2 is 0.462 bits per heavy atom. The fourth-order valence-electron chi connectivity index (χ4n) is 0. The first-order chi connectivity index (χ1) is 5.74. The monoisotopic (exact) mass is 233 g/mol. The van der Waals surface area contributed by atoms with E-state index in [0.717, 1.165) is 0 Å². The fourth-order valence-corrected chi connectivity index (χ4v) is 0. The number of rotatable bonds is 3. The quantitative estimate of drug-likeness (QED) is 0.704. The molecule has 0 saturated carbocycles. The maximum atomic E-state index is 6.26. The van der Waals surface area contributed by atoms with Crippen molar-refractivity contribution in [2.45, 2.75) is 0 Å². The summed E-state index contributed by atoms with van der Waals surface area (Å²) >= 11 is 0. The molecule has 0 bridgehead atoms. The van der Waals surface area contributed by atoms with Gasteiger partial charge in [-0.3, -0.25) is 0 Å². The maximum Gasteiger partial charge on any atom is 0 e. The molecule has 0 aliphatic heterocycles. The Labute approximate surface area is 90.9 Å². The second-order valence-corrected chi connectivity index (χ2v) is 1.50. The molecule has 0 amide bonds. The van der Waals surface area contributed by atoms with Gasteiger partial charge >= 0.3 is 0 Å². The zero-order valence-corrected chi connectivity index (χ0v) is 8.62. The first-order valence-corrected chi connectivity index (χ1v) is 3.62. The molecule has 0 saturated heterocycles. The summed E-state index contributed by atoms with van der Waals surface area (Å²) in [5.41, 5.74) is 37.6. The van der Waals surface area contributed by atoms with Gasteiger partial charge < -0.3 is 34.4 Å². The van der Waals surface area contributed by atoms with E-state index in [1.54, 1.807) is 0 Å². The molecule has 0 rings (SSSR count). The SMILES string of the molecule is [Co].[NH-]CC[NH-].[NH-]CC[NH-].[NH-]CC[NH-]. The van der Waals surface area contributed by atoms with Crippen molar-refractivity contribution in [3.63, 3.8) is 0 Å². The molecule has 0 unspecified atom stereocenters. The Kier molecular flexibility index (Phi) is 70.9. The van der Waals surface area contributed by atoms with Gasteiger partial charge in [0, 0.05) is 16.8 Å². The van der Waals surface area contributed by atoms with Crippen molar-refractivity contribution >= 4 is 0 Å². The van der Waals surface area contributed by atoms with E-state index in [1.807, 2.05) is 0 Å². The molecule has 0 fully saturated rings. The summed E-state index contributed by atoms with van der Waals surface area (Å²) in [4.78, 5) is 0. The molecule has 0 atom stereocenters. The molecule has 0 aromatic heterocycles. The summed E-state index contributed by atoms with van der Waals surface area (Å²) < 4.78 is 0. The van der Waals surface area contributed by atoms with Crippen molar-refractivity contribution < 1.29 is 16.8 Å². The van der Waals surface area contributed by atoms with Gasteiger partial charge in [0.1, 0.15) is 0 Å². The second kappa shape index (κ2) is 39.7. The normalized spacial score (nSPS) is 6.92. The van der Waals surface area contributed by atoms with E-state index in [-0.39, 0.29) is 56.0 Å². The summed E-state index contributed by atoms with van der Waals surface area (Å²) in [6.45, 7) is 1.42. The minimum absolute atomic E-state index is 0. The third-order valence-electron chi connectivity index (χ3n) is 0.375. The second-order valence-electron chi connectivity index (χ2n) is 1.50. The van der Waals surface area contributed by atoms with Crippen LogP contribution in [0.3, 0.4) is 0 Å². The molecule has 0 heterocycles. The number of hydrogen-bond donors (Lipinski definition) is 0. The molecule has 0 aliphatic carbocycles. The van der Waals surface area contributed by atoms with Gasteiger partial charge in [0.15, 0.2) is 0 Å². The Bertz CT molecular complexity index is 32.6. The standard InChI is InChI=1S/3C2H6N2.Co/c3*3-1-2-4;/h3*3-4H,1-2H2;/q3*-2;. The average Bonchev–Trinajstić information content (AvgIpc) is 2.18. The zero-order chi connectivity index (χ0) is 10.2. The van der Waals surface area contributed by atoms with Gasteiger partial charge in [-0.1, -0.05) is 0 Å². The van der Waals surface area contributed by atoms with Crippen LogP contribution in [0.4, 0.5) is 0 Å². The van der Waals surface area contributed by atoms with E-state index in [2.05, 4.69) is 0 Å². The maximum absolute atomic E-state index is 6.26. The molecule has 7 heteroatoms. The van der Waals surface area contributed by atoms with Crippen LogP contribution < -0.4 is 0 Å². The molecule has 87 valence electrons. The van der Waals surface area contributed by atoms with Gasteiger partial charge in [-0.25, -0.2) is 0 Å². The predicted octanol–water partition coefficient (Wildman–Crippen LogP) is 3.27. The van der Waals surface area contributed by atoms with Crippen LogP contribution in [0.5, 0.6) is 0 Å². The molecule has 1 radical (unpaired) electrons. The van der Waals surface area contributed by atoms with Gasteiger partial charge in [-0.05, 0) is 0 Å². The topological polar surface area (TPSA) is 143 Å². The van der Waals surface area contributed by atoms with Crippen LogP contribution in [0.1, 0.15) is 0 Å². The van der Waals surface area contributed by atoms with Crippen LogP contribution in [-0.4, -0.2) is 39.3 Å². The van der Waals surface area contributed by atoms with Crippen LogP contribution in [0.25, 0.3) is 34.4 Å². The Morgan fingerprint density at radius 3 is 0.462 bits per heavy atom. The molecule has 0 aliphatic rings. The van der Waals surface area contributed by atoms with E-state index >= 15 is 0 Å². The van der Waals surface area contributed by atoms with E-state index in [9.17, 15) is 0 Å². The summed E-state index contributed by atoms with van der Waals surface area (Å²) in [5, 5.41) is 0. The van der Waals surface area contributed by atoms with Gasteiger partial charge in [0.2, 0.25) is 0 Å². The Balaban J connectivity index is -0.0000000450. The molecular weight excluding hydrogens is 215 g/mol. The van der Waals surface area contributed by atoms with Crippen LogP contribution in [0.15, 0.2) is 0 Å². The van der Waals surface area contributed by atoms with Crippen molar-refractivity contribution in [1.29, 1.82) is 0 Å². The van der Waals surface area contributed by atoms with Crippen LogP contribution in [-0.2, 0) is 16.8 Å². The molecule has 0 aromatic rings. The Morgan fingerprint density at radius 1 is 0.385 bits per heavy atom. The largest absolute Gasteiger partial charge is 0.679 e. The average molecular weight is 233 g/mol. The summed E-state index contributed by atoms with van der Waals surface area (Å²) in [5.74, 6) is 0. The van der Waals surface area contributed by atoms with Crippen LogP contribution in [0, 0.1) is 0 Å². The Hall–Kier alpha value is 0.266. The predicted molar refractivity (Wildman–Crippen MR) is 55.1 cm³/mol. The third-order valence-corrected chi connectivity index (χ3v) is 0.375. The molecule has 13 heavy (non-hydrogen) atoms. The van der Waals surface area contributed by atoms with Crippen LogP contribution in [0.2, 0.25) is 0 Å². The summed E-state index contributed by atoms with van der Waals surface area (Å²) in [6.07, 6.45) is 0. The summed E-state index contributed by atoms with van der Waals surface area (Å²) in [7, 11) is 0. The first-order valence-electron chi connectivity index (χ1n) is 3.62. The third kappa shape index (κ3) is 121. The van der Waals surface area contributed by atoms with E-state index in [4.69, 9.17) is 34.4 Å². The van der Waals surface area contributed by atoms with Crippen molar-refractivity contribution in [2.24, 2.45) is 0 Å². The van der Waals surface area contributed by atoms with Gasteiger partial charge in [0.25, 0.3) is 0 Å². The zero-order valence-electron chi connectivity index (χ0n) is 7.58. The van der Waals surface area contributed by atoms with Crippen molar-refractivity contribution in [2.75, 3.05) is 39.3 Å². The molecule has 0 spiro atoms. The van der Waals surface area contributed by atoms with Crippen LogP contribution >= 0.6 is 0 Å². The molecule has 0 aromatic carbocycles. The van der Waals surface area contributed by atoms with Gasteiger partial charge in [-0.2, -0.15) is 39.3 Å². The van der Waals surface area contributed by atoms with Crippen molar-refractivity contribution in [3.8, 4) is 0 Å². The van der Waals surface area contributed by atoms with E-state index in [0.29, 0.717) is 0 Å². The molecular formula is C6H18CoN6-6. The molecule has 6 N–H and O–H groups in total. The minimum atomic E-state index is 0. The first kappa shape index (κ1) is 23.2. The number of nitrogens with one attached hydrogen (secondary N) is 6. The van der Waals surface area contributed by atoms with Crippen molar-refractivity contribution in [1.82, 2.24) is 0 Å². The van der Waals surface area contributed by atoms with E-state index in [1.165, 1.54) is 0 Å². The number of hydrogen-bond acceptors (Lipinski definition) is 0. The minimum Gasteiger partial charge on any atom is -0.679 e. The van der Waals surface area contributed by atoms with Gasteiger partial charge in [0.05, 0.1) is 0 Å². The smallest absolute Gasteiger partial charge is 0 e. The van der Waals surface area contributed by atoms with Crippen molar-refractivity contribution in [3.05, 3.63) is 34.4 Å². The fraction of sp³-hybridized carbons (Fsp3) is 1.00. The van der Waals surface area contributed by atoms with E-state index < -0.39 is 0 Å². The molecule has 6 nitrogen and oxygen atoms in total. The summed E-state index contributed by atoms with van der Waals surface area (Å²) in [6, 6.07) is 0. The van der Waals surface area contributed by atoms with Gasteiger partial charge in [-0.15, -0.1) is 0 Å².